The maximum atomic E-state index is 13.0. The van der Waals surface area contributed by atoms with Crippen LogP contribution in [0, 0.1) is 5.82 Å². The van der Waals surface area contributed by atoms with Crippen LogP contribution in [0.15, 0.2) is 58.7 Å². The van der Waals surface area contributed by atoms with Gasteiger partial charge in [-0.3, -0.25) is 4.99 Å². The highest BCUT2D eigenvalue weighted by molar-refractivity contribution is 5.81. The topological polar surface area (TPSA) is 63.2 Å². The molecule has 142 valence electrons. The van der Waals surface area contributed by atoms with Crippen LogP contribution >= 0.6 is 0 Å². The molecule has 0 radical (unpaired) electrons. The molecule has 0 aromatic heterocycles. The molecule has 5 nitrogen and oxygen atoms in total. The molecule has 0 aliphatic heterocycles. The number of amidine groups is 1. The van der Waals surface area contributed by atoms with Crippen molar-refractivity contribution in [3.63, 3.8) is 0 Å². The number of rotatable bonds is 10. The van der Waals surface area contributed by atoms with E-state index in [1.54, 1.807) is 31.7 Å². The highest BCUT2D eigenvalue weighted by Gasteiger charge is 2.14. The summed E-state index contributed by atoms with van der Waals surface area (Å²) in [5.74, 6) is 0.196. The quantitative estimate of drug-likeness (QED) is 0.296. The van der Waals surface area contributed by atoms with E-state index in [0.717, 1.165) is 17.7 Å². The third-order valence-electron chi connectivity index (χ3n) is 3.90. The third-order valence-corrected chi connectivity index (χ3v) is 3.90. The van der Waals surface area contributed by atoms with Crippen LogP contribution in [0.2, 0.25) is 0 Å². The van der Waals surface area contributed by atoms with Crippen LogP contribution in [0.3, 0.4) is 0 Å². The lowest BCUT2D eigenvalue weighted by atomic mass is 10.1. The molecular weight excluding hydrogens is 331 g/mol. The van der Waals surface area contributed by atoms with Gasteiger partial charge in [-0.1, -0.05) is 31.7 Å². The first-order valence-electron chi connectivity index (χ1n) is 8.59. The Kier molecular flexibility index (Phi) is 9.30. The van der Waals surface area contributed by atoms with Crippen molar-refractivity contribution in [3.05, 3.63) is 60.1 Å². The van der Waals surface area contributed by atoms with Gasteiger partial charge in [-0.15, -0.1) is 0 Å². The molecule has 0 saturated heterocycles. The van der Waals surface area contributed by atoms with Gasteiger partial charge in [0.25, 0.3) is 0 Å². The molecule has 26 heavy (non-hydrogen) atoms. The summed E-state index contributed by atoms with van der Waals surface area (Å²) in [6.45, 7) is 7.63. The van der Waals surface area contributed by atoms with Gasteiger partial charge in [-0.25, -0.2) is 9.38 Å². The molecule has 0 heterocycles. The lowest BCUT2D eigenvalue weighted by molar-refractivity contribution is 0.0281. The molecule has 2 atom stereocenters. The van der Waals surface area contributed by atoms with E-state index < -0.39 is 0 Å². The van der Waals surface area contributed by atoms with E-state index in [4.69, 9.17) is 10.5 Å². The van der Waals surface area contributed by atoms with Crippen molar-refractivity contribution in [2.75, 3.05) is 14.2 Å². The second kappa shape index (κ2) is 11.2. The molecule has 0 saturated carbocycles. The van der Waals surface area contributed by atoms with Crippen LogP contribution in [-0.2, 0) is 4.74 Å². The maximum Gasteiger partial charge on any atom is 0.137 e. The largest absolute Gasteiger partial charge is 0.387 e. The SMILES string of the molecule is C=C/C=C(\CC)N=CN(C)C(CC(N)=NC(C)c1ccc(F)cc1)OC. The average Bonchev–Trinajstić information content (AvgIpc) is 2.63. The Hall–Kier alpha value is -2.47. The molecule has 6 heteroatoms. The molecule has 0 amide bonds. The summed E-state index contributed by atoms with van der Waals surface area (Å²) in [5, 5.41) is 0. The first kappa shape index (κ1) is 21.6. The molecule has 0 fully saturated rings. The standard InChI is InChI=1S/C20H29FN4O/c1-6-8-18(7-2)23-14-25(4)20(26-5)13-19(22)24-15(3)16-9-11-17(21)12-10-16/h6,8-12,14-15,20H,1,7,13H2,2-5H3,(H2,22,24)/b18-8+,23-14?. The molecule has 2 unspecified atom stereocenters. The number of hydrogen-bond donors (Lipinski definition) is 1. The van der Waals surface area contributed by atoms with E-state index in [1.807, 2.05) is 31.9 Å². The van der Waals surface area contributed by atoms with E-state index >= 15 is 0 Å². The number of halogens is 1. The number of nitrogens with two attached hydrogens (primary N) is 1. The second-order valence-electron chi connectivity index (χ2n) is 5.90. The van der Waals surface area contributed by atoms with Crippen LogP contribution in [-0.4, -0.2) is 37.5 Å². The molecule has 0 spiro atoms. The Bertz CT molecular complexity index is 652. The normalized spacial score (nSPS) is 15.1. The molecule has 0 aliphatic carbocycles. The van der Waals surface area contributed by atoms with Crippen molar-refractivity contribution in [1.82, 2.24) is 4.90 Å². The summed E-state index contributed by atoms with van der Waals surface area (Å²) in [6.07, 6.45) is 6.25. The van der Waals surface area contributed by atoms with E-state index in [2.05, 4.69) is 16.6 Å². The number of allylic oxidation sites excluding steroid dienone is 3. The van der Waals surface area contributed by atoms with Crippen LogP contribution in [0.25, 0.3) is 0 Å². The van der Waals surface area contributed by atoms with Crippen molar-refractivity contribution in [2.45, 2.75) is 39.0 Å². The zero-order valence-electron chi connectivity index (χ0n) is 16.0. The number of nitrogens with zero attached hydrogens (tertiary/aromatic N) is 3. The first-order chi connectivity index (χ1) is 12.4. The van der Waals surface area contributed by atoms with Crippen LogP contribution in [0.5, 0.6) is 0 Å². The van der Waals surface area contributed by atoms with Crippen molar-refractivity contribution >= 4 is 12.2 Å². The van der Waals surface area contributed by atoms with E-state index in [9.17, 15) is 4.39 Å². The molecule has 0 bridgehead atoms. The van der Waals surface area contributed by atoms with Crippen molar-refractivity contribution in [3.8, 4) is 0 Å². The molecule has 1 aromatic carbocycles. The number of aliphatic imine (C=N–C) groups is 2. The minimum absolute atomic E-state index is 0.158. The predicted octanol–water partition coefficient (Wildman–Crippen LogP) is 4.05. The Morgan fingerprint density at radius 2 is 2.04 bits per heavy atom. The molecule has 0 aliphatic rings. The zero-order valence-corrected chi connectivity index (χ0v) is 16.0. The van der Waals surface area contributed by atoms with E-state index in [-0.39, 0.29) is 18.1 Å². The molecule has 1 rings (SSSR count). The highest BCUT2D eigenvalue weighted by atomic mass is 19.1. The fourth-order valence-corrected chi connectivity index (χ4v) is 2.32. The summed E-state index contributed by atoms with van der Waals surface area (Å²) in [5.41, 5.74) is 7.91. The highest BCUT2D eigenvalue weighted by Crippen LogP contribution is 2.17. The summed E-state index contributed by atoms with van der Waals surface area (Å²) in [4.78, 5) is 10.7. The lowest BCUT2D eigenvalue weighted by Gasteiger charge is -2.24. The Balaban J connectivity index is 2.75. The van der Waals surface area contributed by atoms with E-state index in [1.165, 1.54) is 12.1 Å². The van der Waals surface area contributed by atoms with Crippen LogP contribution in [0.1, 0.15) is 38.3 Å². The fraction of sp³-hybridized carbons (Fsp3) is 0.400. The Morgan fingerprint density at radius 1 is 1.38 bits per heavy atom. The van der Waals surface area contributed by atoms with Gasteiger partial charge in [0.15, 0.2) is 0 Å². The second-order valence-corrected chi connectivity index (χ2v) is 5.90. The van der Waals surface area contributed by atoms with Crippen LogP contribution < -0.4 is 5.73 Å². The average molecular weight is 360 g/mol. The van der Waals surface area contributed by atoms with Gasteiger partial charge >= 0.3 is 0 Å². The van der Waals surface area contributed by atoms with Gasteiger partial charge in [0, 0.05) is 26.3 Å². The first-order valence-corrected chi connectivity index (χ1v) is 8.59. The van der Waals surface area contributed by atoms with Gasteiger partial charge < -0.3 is 15.4 Å². The monoisotopic (exact) mass is 360 g/mol. The minimum Gasteiger partial charge on any atom is -0.387 e. The summed E-state index contributed by atoms with van der Waals surface area (Å²) < 4.78 is 18.5. The summed E-state index contributed by atoms with van der Waals surface area (Å²) in [6, 6.07) is 6.10. The van der Waals surface area contributed by atoms with Crippen molar-refractivity contribution in [1.29, 1.82) is 0 Å². The Labute approximate surface area is 155 Å². The predicted molar refractivity (Wildman–Crippen MR) is 107 cm³/mol. The third kappa shape index (κ3) is 7.19. The van der Waals surface area contributed by atoms with E-state index in [0.29, 0.717) is 12.3 Å². The van der Waals surface area contributed by atoms with Crippen LogP contribution in [0.4, 0.5) is 4.39 Å². The number of ether oxygens (including phenoxy) is 1. The zero-order chi connectivity index (χ0) is 19.5. The van der Waals surface area contributed by atoms with Crippen molar-refractivity contribution in [2.24, 2.45) is 15.7 Å². The summed E-state index contributed by atoms with van der Waals surface area (Å²) in [7, 11) is 3.49. The number of benzene rings is 1. The van der Waals surface area contributed by atoms with Gasteiger partial charge in [0.2, 0.25) is 0 Å². The molecule has 2 N–H and O–H groups in total. The number of hydrogen-bond acceptors (Lipinski definition) is 3. The van der Waals surface area contributed by atoms with Gasteiger partial charge in [0.1, 0.15) is 12.0 Å². The molecular formula is C20H29FN4O. The minimum atomic E-state index is -0.287. The number of methoxy groups -OCH3 is 1. The Morgan fingerprint density at radius 3 is 2.58 bits per heavy atom. The maximum absolute atomic E-state index is 13.0. The van der Waals surface area contributed by atoms with Gasteiger partial charge in [0.05, 0.1) is 18.2 Å². The van der Waals surface area contributed by atoms with Crippen molar-refractivity contribution < 1.29 is 9.13 Å². The smallest absolute Gasteiger partial charge is 0.137 e. The van der Waals surface area contributed by atoms with Gasteiger partial charge in [-0.05, 0) is 37.1 Å². The van der Waals surface area contributed by atoms with Gasteiger partial charge in [-0.2, -0.15) is 0 Å². The summed E-state index contributed by atoms with van der Waals surface area (Å²) >= 11 is 0. The fourth-order valence-electron chi connectivity index (χ4n) is 2.32. The molecule has 1 aromatic rings. The lowest BCUT2D eigenvalue weighted by Crippen LogP contribution is -2.36.